The number of alkyl carbamates (subject to hydrolysis) is 1. The number of hydrogen-bond acceptors (Lipinski definition) is 4. The summed E-state index contributed by atoms with van der Waals surface area (Å²) in [4.78, 5) is 42.4. The molecule has 0 saturated carbocycles. The first-order valence-corrected chi connectivity index (χ1v) is 13.6. The highest BCUT2D eigenvalue weighted by Crippen LogP contribution is 2.34. The van der Waals surface area contributed by atoms with Crippen molar-refractivity contribution >= 4 is 40.4 Å². The van der Waals surface area contributed by atoms with Crippen LogP contribution in [0.3, 0.4) is 0 Å². The molecule has 0 aliphatic rings. The fourth-order valence-corrected chi connectivity index (χ4v) is 4.45. The predicted octanol–water partition coefficient (Wildman–Crippen LogP) is 7.09. The van der Waals surface area contributed by atoms with E-state index in [2.05, 4.69) is 17.2 Å². The third kappa shape index (κ3) is 7.50. The van der Waals surface area contributed by atoms with Gasteiger partial charge in [0.15, 0.2) is 0 Å². The van der Waals surface area contributed by atoms with Crippen molar-refractivity contribution in [3.8, 4) is 0 Å². The molecule has 0 bridgehead atoms. The number of carbonyl (C=O) groups is 3. The van der Waals surface area contributed by atoms with E-state index in [1.54, 1.807) is 38.7 Å². The third-order valence-electron chi connectivity index (χ3n) is 6.84. The van der Waals surface area contributed by atoms with E-state index in [0.29, 0.717) is 17.7 Å². The van der Waals surface area contributed by atoms with Gasteiger partial charge in [-0.2, -0.15) is 0 Å². The molecule has 0 spiro atoms. The first kappa shape index (κ1) is 30.4. The maximum Gasteiger partial charge on any atom is 0.408 e. The van der Waals surface area contributed by atoms with E-state index in [1.807, 2.05) is 87.5 Å². The lowest BCUT2D eigenvalue weighted by molar-refractivity contribution is -0.147. The van der Waals surface area contributed by atoms with Crippen LogP contribution in [0.1, 0.15) is 72.1 Å². The van der Waals surface area contributed by atoms with Gasteiger partial charge in [0.1, 0.15) is 17.7 Å². The van der Waals surface area contributed by atoms with E-state index in [1.165, 1.54) is 0 Å². The van der Waals surface area contributed by atoms with Crippen LogP contribution in [0.15, 0.2) is 73.3 Å². The van der Waals surface area contributed by atoms with Crippen LogP contribution in [-0.2, 0) is 14.3 Å². The molecule has 0 aliphatic carbocycles. The standard InChI is InChI=1S/C33H41N3O4/c1-9-23-14-13-17-26(20-23)28(29(37)35-27-19-18-24-15-11-12-16-25(24)21-27)36(33(7,8)10-2)30(38)22(3)34-31(39)40-32(4,5)6/h9,11-22,28H,1,10H2,2-8H3,(H,34,39)(H,35,37). The minimum Gasteiger partial charge on any atom is -0.444 e. The summed E-state index contributed by atoms with van der Waals surface area (Å²) in [6.07, 6.45) is 1.57. The molecule has 2 N–H and O–H groups in total. The highest BCUT2D eigenvalue weighted by atomic mass is 16.6. The van der Waals surface area contributed by atoms with Crippen molar-refractivity contribution in [2.24, 2.45) is 0 Å². The first-order valence-electron chi connectivity index (χ1n) is 13.6. The number of fused-ring (bicyclic) bond motifs is 1. The van der Waals surface area contributed by atoms with Gasteiger partial charge >= 0.3 is 6.09 Å². The Morgan fingerprint density at radius 3 is 2.25 bits per heavy atom. The molecule has 2 unspecified atom stereocenters. The van der Waals surface area contributed by atoms with E-state index in [9.17, 15) is 14.4 Å². The molecule has 7 nitrogen and oxygen atoms in total. The van der Waals surface area contributed by atoms with Crippen molar-refractivity contribution in [3.63, 3.8) is 0 Å². The van der Waals surface area contributed by atoms with Gasteiger partial charge in [-0.25, -0.2) is 4.79 Å². The maximum atomic E-state index is 14.1. The molecule has 3 rings (SSSR count). The Balaban J connectivity index is 2.06. The van der Waals surface area contributed by atoms with Crippen LogP contribution >= 0.6 is 0 Å². The number of ether oxygens (including phenoxy) is 1. The Kier molecular flexibility index (Phi) is 9.40. The zero-order valence-corrected chi connectivity index (χ0v) is 24.6. The van der Waals surface area contributed by atoms with E-state index in [-0.39, 0.29) is 5.91 Å². The van der Waals surface area contributed by atoms with Crippen LogP contribution in [-0.4, -0.2) is 40.0 Å². The summed E-state index contributed by atoms with van der Waals surface area (Å²) >= 11 is 0. The molecule has 3 aromatic rings. The Morgan fingerprint density at radius 2 is 1.62 bits per heavy atom. The second-order valence-electron chi connectivity index (χ2n) is 11.6. The molecule has 2 atom stereocenters. The molecule has 0 heterocycles. The molecular formula is C33H41N3O4. The molecule has 7 heteroatoms. The van der Waals surface area contributed by atoms with E-state index in [0.717, 1.165) is 16.3 Å². The summed E-state index contributed by atoms with van der Waals surface area (Å²) in [5.41, 5.74) is 0.618. The predicted molar refractivity (Wildman–Crippen MR) is 162 cm³/mol. The van der Waals surface area contributed by atoms with Crippen LogP contribution in [0.2, 0.25) is 0 Å². The summed E-state index contributed by atoms with van der Waals surface area (Å²) < 4.78 is 5.38. The van der Waals surface area contributed by atoms with Crippen LogP contribution in [0.4, 0.5) is 10.5 Å². The highest BCUT2D eigenvalue weighted by molar-refractivity contribution is 6.00. The third-order valence-corrected chi connectivity index (χ3v) is 6.84. The number of rotatable bonds is 9. The van der Waals surface area contributed by atoms with E-state index < -0.39 is 35.2 Å². The van der Waals surface area contributed by atoms with E-state index in [4.69, 9.17) is 4.74 Å². The summed E-state index contributed by atoms with van der Waals surface area (Å²) in [6.45, 7) is 16.5. The van der Waals surface area contributed by atoms with Crippen molar-refractivity contribution < 1.29 is 19.1 Å². The summed E-state index contributed by atoms with van der Waals surface area (Å²) in [6, 6.07) is 19.1. The van der Waals surface area contributed by atoms with Crippen molar-refractivity contribution in [2.75, 3.05) is 5.32 Å². The lowest BCUT2D eigenvalue weighted by Crippen LogP contribution is -2.58. The van der Waals surface area contributed by atoms with Gasteiger partial charge in [-0.3, -0.25) is 9.59 Å². The summed E-state index contributed by atoms with van der Waals surface area (Å²) in [7, 11) is 0. The van der Waals surface area contributed by atoms with Crippen molar-refractivity contribution in [1.82, 2.24) is 10.2 Å². The average Bonchev–Trinajstić information content (AvgIpc) is 2.89. The molecule has 40 heavy (non-hydrogen) atoms. The van der Waals surface area contributed by atoms with Crippen LogP contribution in [0.5, 0.6) is 0 Å². The van der Waals surface area contributed by atoms with Crippen molar-refractivity contribution in [3.05, 3.63) is 84.4 Å². The van der Waals surface area contributed by atoms with Crippen LogP contribution < -0.4 is 10.6 Å². The zero-order valence-electron chi connectivity index (χ0n) is 24.6. The number of anilines is 1. The first-order chi connectivity index (χ1) is 18.8. The van der Waals surface area contributed by atoms with Gasteiger partial charge in [0.2, 0.25) is 5.91 Å². The van der Waals surface area contributed by atoms with Crippen LogP contribution in [0.25, 0.3) is 16.8 Å². The number of nitrogens with one attached hydrogen (secondary N) is 2. The number of amides is 3. The van der Waals surface area contributed by atoms with Gasteiger partial charge in [0, 0.05) is 11.2 Å². The monoisotopic (exact) mass is 543 g/mol. The molecule has 0 aromatic heterocycles. The van der Waals surface area contributed by atoms with Gasteiger partial charge in [0.25, 0.3) is 5.91 Å². The second-order valence-corrected chi connectivity index (χ2v) is 11.6. The highest BCUT2D eigenvalue weighted by Gasteiger charge is 2.42. The molecule has 212 valence electrons. The van der Waals surface area contributed by atoms with Gasteiger partial charge in [-0.15, -0.1) is 0 Å². The lowest BCUT2D eigenvalue weighted by Gasteiger charge is -2.44. The number of carbonyl (C=O) groups excluding carboxylic acids is 3. The molecule has 0 fully saturated rings. The minimum atomic E-state index is -0.989. The largest absolute Gasteiger partial charge is 0.444 e. The molecule has 3 aromatic carbocycles. The second kappa shape index (κ2) is 12.4. The Bertz CT molecular complexity index is 1390. The minimum absolute atomic E-state index is 0.365. The van der Waals surface area contributed by atoms with E-state index >= 15 is 0 Å². The number of nitrogens with zero attached hydrogens (tertiary/aromatic N) is 1. The fourth-order valence-electron chi connectivity index (χ4n) is 4.45. The summed E-state index contributed by atoms with van der Waals surface area (Å²) in [5.74, 6) is -0.767. The Hall–Kier alpha value is -4.13. The fraction of sp³-hybridized carbons (Fsp3) is 0.364. The zero-order chi connectivity index (χ0) is 29.7. The molecule has 0 saturated heterocycles. The molecular weight excluding hydrogens is 502 g/mol. The van der Waals surface area contributed by atoms with Gasteiger partial charge in [-0.1, -0.05) is 68.1 Å². The van der Waals surface area contributed by atoms with Gasteiger partial charge in [0.05, 0.1) is 0 Å². The maximum absolute atomic E-state index is 14.1. The normalized spacial score (nSPS) is 13.2. The smallest absolute Gasteiger partial charge is 0.408 e. The quantitative estimate of drug-likeness (QED) is 0.302. The molecule has 3 amide bonds. The molecule has 0 radical (unpaired) electrons. The Labute approximate surface area is 237 Å². The number of hydrogen-bond donors (Lipinski definition) is 2. The average molecular weight is 544 g/mol. The van der Waals surface area contributed by atoms with Crippen LogP contribution in [0, 0.1) is 0 Å². The van der Waals surface area contributed by atoms with Gasteiger partial charge in [-0.05, 0) is 88.1 Å². The SMILES string of the molecule is C=Cc1cccc(C(C(=O)Nc2ccc3ccccc3c2)N(C(=O)C(C)NC(=O)OC(C)(C)C)C(C)(C)CC)c1. The number of benzene rings is 3. The molecule has 0 aliphatic heterocycles. The van der Waals surface area contributed by atoms with Crippen molar-refractivity contribution in [2.45, 2.75) is 78.1 Å². The Morgan fingerprint density at radius 1 is 0.950 bits per heavy atom. The van der Waals surface area contributed by atoms with Crippen molar-refractivity contribution in [1.29, 1.82) is 0 Å². The summed E-state index contributed by atoms with van der Waals surface area (Å²) in [5, 5.41) is 7.74. The topological polar surface area (TPSA) is 87.7 Å². The lowest BCUT2D eigenvalue weighted by atomic mass is 9.91. The van der Waals surface area contributed by atoms with Gasteiger partial charge < -0.3 is 20.3 Å².